The first kappa shape index (κ1) is 16.8. The lowest BCUT2D eigenvalue weighted by Crippen LogP contribution is -2.48. The summed E-state index contributed by atoms with van der Waals surface area (Å²) in [5.41, 5.74) is -0.552. The predicted octanol–water partition coefficient (Wildman–Crippen LogP) is 2.55. The largest absolute Gasteiger partial charge is 0.444 e. The molecule has 2 amide bonds. The summed E-state index contributed by atoms with van der Waals surface area (Å²) in [4.78, 5) is 25.9. The molecule has 116 valence electrons. The summed E-state index contributed by atoms with van der Waals surface area (Å²) in [5.74, 6) is 0.629. The molecule has 5 heteroatoms. The normalized spacial score (nSPS) is 16.4. The number of alkyl carbamates (subject to hydrolysis) is 1. The molecule has 20 heavy (non-hydrogen) atoms. The third-order valence-electron chi connectivity index (χ3n) is 3.08. The molecule has 0 unspecified atom stereocenters. The number of carbonyl (C=O) groups excluding carboxylic acids is 2. The maximum absolute atomic E-state index is 12.4. The van der Waals surface area contributed by atoms with Gasteiger partial charge >= 0.3 is 6.09 Å². The summed E-state index contributed by atoms with van der Waals surface area (Å²) in [5, 5.41) is 2.62. The monoisotopic (exact) mass is 284 g/mol. The van der Waals surface area contributed by atoms with Gasteiger partial charge in [0.2, 0.25) is 5.91 Å². The van der Waals surface area contributed by atoms with Crippen LogP contribution in [0.4, 0.5) is 4.79 Å². The van der Waals surface area contributed by atoms with Gasteiger partial charge in [0.05, 0.1) is 0 Å². The van der Waals surface area contributed by atoms with E-state index in [0.717, 1.165) is 19.5 Å². The van der Waals surface area contributed by atoms with E-state index in [1.807, 2.05) is 4.90 Å². The van der Waals surface area contributed by atoms with E-state index in [2.05, 4.69) is 12.2 Å². The number of rotatable bonds is 6. The minimum absolute atomic E-state index is 0.0235. The van der Waals surface area contributed by atoms with E-state index < -0.39 is 17.7 Å². The van der Waals surface area contributed by atoms with Crippen molar-refractivity contribution in [3.05, 3.63) is 0 Å². The van der Waals surface area contributed by atoms with Crippen molar-refractivity contribution in [1.82, 2.24) is 10.2 Å². The number of amides is 2. The molecule has 0 saturated heterocycles. The molecular formula is C15H28N2O3. The zero-order chi connectivity index (χ0) is 15.3. The van der Waals surface area contributed by atoms with Crippen molar-refractivity contribution in [2.75, 3.05) is 13.1 Å². The van der Waals surface area contributed by atoms with E-state index in [-0.39, 0.29) is 5.91 Å². The van der Waals surface area contributed by atoms with Crippen LogP contribution in [0.25, 0.3) is 0 Å². The highest BCUT2D eigenvalue weighted by atomic mass is 16.6. The highest BCUT2D eigenvalue weighted by Gasteiger charge is 2.29. The smallest absolute Gasteiger partial charge is 0.408 e. The number of hydrogen-bond acceptors (Lipinski definition) is 3. The fourth-order valence-corrected chi connectivity index (χ4v) is 1.99. The third-order valence-corrected chi connectivity index (χ3v) is 3.08. The summed E-state index contributed by atoms with van der Waals surface area (Å²) in [6.45, 7) is 10.7. The molecular weight excluding hydrogens is 256 g/mol. The molecule has 1 N–H and O–H groups in total. The van der Waals surface area contributed by atoms with Gasteiger partial charge in [-0.15, -0.1) is 0 Å². The molecule has 0 aliphatic heterocycles. The first-order valence-corrected chi connectivity index (χ1v) is 7.51. The lowest BCUT2D eigenvalue weighted by Gasteiger charge is -2.27. The summed E-state index contributed by atoms with van der Waals surface area (Å²) in [7, 11) is 0. The van der Waals surface area contributed by atoms with Crippen molar-refractivity contribution >= 4 is 12.0 Å². The molecule has 5 nitrogen and oxygen atoms in total. The number of nitrogens with zero attached hydrogens (tertiary/aromatic N) is 1. The molecule has 0 aromatic heterocycles. The van der Waals surface area contributed by atoms with E-state index in [1.165, 1.54) is 12.8 Å². The van der Waals surface area contributed by atoms with Gasteiger partial charge in [-0.2, -0.15) is 0 Å². The summed E-state index contributed by atoms with van der Waals surface area (Å²) >= 11 is 0. The van der Waals surface area contributed by atoms with E-state index in [9.17, 15) is 9.59 Å². The van der Waals surface area contributed by atoms with Crippen LogP contribution in [0.2, 0.25) is 0 Å². The SMILES string of the molecule is CCCN(CC1CC1)C(=O)[C@@H](C)NC(=O)OC(C)(C)C. The van der Waals surface area contributed by atoms with Crippen molar-refractivity contribution in [2.24, 2.45) is 5.92 Å². The Morgan fingerprint density at radius 2 is 1.95 bits per heavy atom. The van der Waals surface area contributed by atoms with Gasteiger partial charge in [0, 0.05) is 13.1 Å². The summed E-state index contributed by atoms with van der Waals surface area (Å²) < 4.78 is 5.17. The molecule has 1 aliphatic rings. The molecule has 1 rings (SSSR count). The quantitative estimate of drug-likeness (QED) is 0.815. The van der Waals surface area contributed by atoms with E-state index in [4.69, 9.17) is 4.74 Å². The van der Waals surface area contributed by atoms with Gasteiger partial charge in [0.1, 0.15) is 11.6 Å². The Kier molecular flexibility index (Phi) is 5.84. The fraction of sp³-hybridized carbons (Fsp3) is 0.867. The van der Waals surface area contributed by atoms with Gasteiger partial charge in [0.25, 0.3) is 0 Å². The summed E-state index contributed by atoms with van der Waals surface area (Å²) in [6, 6.07) is -0.546. The van der Waals surface area contributed by atoms with Crippen molar-refractivity contribution < 1.29 is 14.3 Å². The molecule has 0 bridgehead atoms. The maximum Gasteiger partial charge on any atom is 0.408 e. The van der Waals surface area contributed by atoms with E-state index in [1.54, 1.807) is 27.7 Å². The van der Waals surface area contributed by atoms with Crippen molar-refractivity contribution in [1.29, 1.82) is 0 Å². The molecule has 1 fully saturated rings. The summed E-state index contributed by atoms with van der Waals surface area (Å²) in [6.07, 6.45) is 2.81. The molecule has 0 aromatic rings. The Morgan fingerprint density at radius 3 is 2.40 bits per heavy atom. The highest BCUT2D eigenvalue weighted by molar-refractivity contribution is 5.85. The van der Waals surface area contributed by atoms with Crippen LogP contribution in [-0.4, -0.2) is 41.6 Å². The molecule has 1 aliphatic carbocycles. The van der Waals surface area contributed by atoms with Crippen LogP contribution < -0.4 is 5.32 Å². The van der Waals surface area contributed by atoms with Gasteiger partial charge < -0.3 is 15.0 Å². The van der Waals surface area contributed by atoms with Gasteiger partial charge in [-0.05, 0) is 52.9 Å². The standard InChI is InChI=1S/C15H28N2O3/c1-6-9-17(10-12-7-8-12)13(18)11(2)16-14(19)20-15(3,4)5/h11-12H,6-10H2,1-5H3,(H,16,19)/t11-/m1/s1. The lowest BCUT2D eigenvalue weighted by molar-refractivity contribution is -0.133. The Hall–Kier alpha value is -1.26. The number of ether oxygens (including phenoxy) is 1. The zero-order valence-electron chi connectivity index (χ0n) is 13.4. The second kappa shape index (κ2) is 6.95. The minimum atomic E-state index is -0.552. The van der Waals surface area contributed by atoms with E-state index in [0.29, 0.717) is 5.92 Å². The molecule has 0 spiro atoms. The van der Waals surface area contributed by atoms with E-state index >= 15 is 0 Å². The Balaban J connectivity index is 2.48. The average molecular weight is 284 g/mol. The average Bonchev–Trinajstić information content (AvgIpc) is 3.08. The van der Waals surface area contributed by atoms with Crippen LogP contribution in [0.1, 0.15) is 53.9 Å². The molecule has 0 aromatic carbocycles. The highest BCUT2D eigenvalue weighted by Crippen LogP contribution is 2.29. The van der Waals surface area contributed by atoms with Crippen LogP contribution in [0.3, 0.4) is 0 Å². The number of hydrogen-bond donors (Lipinski definition) is 1. The van der Waals surface area contributed by atoms with Gasteiger partial charge in [-0.3, -0.25) is 4.79 Å². The Labute approximate surface area is 122 Å². The van der Waals surface area contributed by atoms with Crippen molar-refractivity contribution in [2.45, 2.75) is 65.5 Å². The molecule has 0 radical (unpaired) electrons. The minimum Gasteiger partial charge on any atom is -0.444 e. The molecule has 1 saturated carbocycles. The van der Waals surface area contributed by atoms with Crippen LogP contribution in [0.5, 0.6) is 0 Å². The maximum atomic E-state index is 12.4. The second-order valence-corrected chi connectivity index (χ2v) is 6.60. The number of carbonyl (C=O) groups is 2. The fourth-order valence-electron chi connectivity index (χ4n) is 1.99. The Bertz CT molecular complexity index is 346. The first-order valence-electron chi connectivity index (χ1n) is 7.51. The van der Waals surface area contributed by atoms with Crippen LogP contribution in [0, 0.1) is 5.92 Å². The van der Waals surface area contributed by atoms with Crippen LogP contribution in [0.15, 0.2) is 0 Å². The van der Waals surface area contributed by atoms with Crippen LogP contribution in [-0.2, 0) is 9.53 Å². The van der Waals surface area contributed by atoms with Crippen molar-refractivity contribution in [3.8, 4) is 0 Å². The second-order valence-electron chi connectivity index (χ2n) is 6.60. The third kappa shape index (κ3) is 6.26. The lowest BCUT2D eigenvalue weighted by atomic mass is 10.2. The van der Waals surface area contributed by atoms with Gasteiger partial charge in [-0.25, -0.2) is 4.79 Å². The van der Waals surface area contributed by atoms with Gasteiger partial charge in [0.15, 0.2) is 0 Å². The number of nitrogens with one attached hydrogen (secondary N) is 1. The predicted molar refractivity (Wildman–Crippen MR) is 78.4 cm³/mol. The molecule has 0 heterocycles. The van der Waals surface area contributed by atoms with Crippen molar-refractivity contribution in [3.63, 3.8) is 0 Å². The molecule has 1 atom stereocenters. The van der Waals surface area contributed by atoms with Crippen LogP contribution >= 0.6 is 0 Å². The Morgan fingerprint density at radius 1 is 1.35 bits per heavy atom. The topological polar surface area (TPSA) is 58.6 Å². The van der Waals surface area contributed by atoms with Gasteiger partial charge in [-0.1, -0.05) is 6.92 Å². The zero-order valence-corrected chi connectivity index (χ0v) is 13.4. The first-order chi connectivity index (χ1) is 9.23.